The van der Waals surface area contributed by atoms with Crippen LogP contribution in [0.4, 0.5) is 0 Å². The van der Waals surface area contributed by atoms with Crippen molar-refractivity contribution in [2.45, 2.75) is 6.61 Å². The van der Waals surface area contributed by atoms with Crippen LogP contribution >= 0.6 is 0 Å². The van der Waals surface area contributed by atoms with Gasteiger partial charge in [0.25, 0.3) is 0 Å². The molecule has 0 aliphatic rings. The van der Waals surface area contributed by atoms with Crippen LogP contribution in [0.5, 0.6) is 11.5 Å². The van der Waals surface area contributed by atoms with Crippen molar-refractivity contribution < 1.29 is 19.4 Å². The standard InChI is InChI=1S/C17H14O4/c1-20-16-11-13(8-10-17(18)19)7-9-15(16)21-12-14-5-3-2-4-6-14/h2-7,9,11H,12H2,1H3,(H,18,19). The number of hydrogen-bond acceptors (Lipinski definition) is 3. The second-order valence-electron chi connectivity index (χ2n) is 4.20. The lowest BCUT2D eigenvalue weighted by Gasteiger charge is -2.11. The molecule has 0 bridgehead atoms. The van der Waals surface area contributed by atoms with Gasteiger partial charge in [-0.25, -0.2) is 4.79 Å². The van der Waals surface area contributed by atoms with Crippen molar-refractivity contribution >= 4 is 5.97 Å². The zero-order valence-electron chi connectivity index (χ0n) is 11.5. The van der Waals surface area contributed by atoms with Crippen LogP contribution in [0.2, 0.25) is 0 Å². The lowest BCUT2D eigenvalue weighted by Crippen LogP contribution is -1.98. The SMILES string of the molecule is COc1cc(C#CC(=O)O)ccc1OCc1ccccc1. The van der Waals surface area contributed by atoms with E-state index in [0.29, 0.717) is 23.7 Å². The van der Waals surface area contributed by atoms with Gasteiger partial charge in [0.1, 0.15) is 6.61 Å². The average molecular weight is 282 g/mol. The van der Waals surface area contributed by atoms with E-state index >= 15 is 0 Å². The normalized spacial score (nSPS) is 9.38. The minimum absolute atomic E-state index is 0.428. The van der Waals surface area contributed by atoms with Gasteiger partial charge in [0.15, 0.2) is 11.5 Å². The summed E-state index contributed by atoms with van der Waals surface area (Å²) in [5, 5.41) is 8.54. The molecule has 0 amide bonds. The maximum absolute atomic E-state index is 10.4. The summed E-state index contributed by atoms with van der Waals surface area (Å²) < 4.78 is 10.9. The number of carboxylic acids is 1. The molecule has 0 atom stereocenters. The van der Waals surface area contributed by atoms with E-state index in [1.54, 1.807) is 18.2 Å². The number of aliphatic carboxylic acids is 1. The van der Waals surface area contributed by atoms with Crippen LogP contribution in [0.1, 0.15) is 11.1 Å². The summed E-state index contributed by atoms with van der Waals surface area (Å²) in [7, 11) is 1.53. The second-order valence-corrected chi connectivity index (χ2v) is 4.20. The maximum atomic E-state index is 10.4. The summed E-state index contributed by atoms with van der Waals surface area (Å²) in [5.74, 6) is 4.53. The number of carbonyl (C=O) groups is 1. The van der Waals surface area contributed by atoms with Gasteiger partial charge in [0, 0.05) is 11.5 Å². The Morgan fingerprint density at radius 1 is 1.14 bits per heavy atom. The fraction of sp³-hybridized carbons (Fsp3) is 0.118. The van der Waals surface area contributed by atoms with Crippen molar-refractivity contribution in [3.05, 3.63) is 59.7 Å². The highest BCUT2D eigenvalue weighted by atomic mass is 16.5. The number of carboxylic acid groups (broad SMARTS) is 1. The summed E-state index contributed by atoms with van der Waals surface area (Å²) in [6.07, 6.45) is 0. The third-order valence-corrected chi connectivity index (χ3v) is 2.71. The van der Waals surface area contributed by atoms with Gasteiger partial charge >= 0.3 is 5.97 Å². The summed E-state index contributed by atoms with van der Waals surface area (Å²) >= 11 is 0. The quantitative estimate of drug-likeness (QED) is 0.876. The molecule has 0 heterocycles. The molecule has 21 heavy (non-hydrogen) atoms. The number of methoxy groups -OCH3 is 1. The molecule has 1 N–H and O–H groups in total. The fourth-order valence-electron chi connectivity index (χ4n) is 1.73. The molecule has 0 aliphatic carbocycles. The molecule has 2 rings (SSSR count). The minimum Gasteiger partial charge on any atom is -0.493 e. The van der Waals surface area contributed by atoms with Crippen LogP contribution in [0.15, 0.2) is 48.5 Å². The van der Waals surface area contributed by atoms with Crippen molar-refractivity contribution in [3.8, 4) is 23.3 Å². The summed E-state index contributed by atoms with van der Waals surface area (Å²) in [6, 6.07) is 14.8. The van der Waals surface area contributed by atoms with Crippen molar-refractivity contribution in [1.82, 2.24) is 0 Å². The molecule has 0 unspecified atom stereocenters. The van der Waals surface area contributed by atoms with E-state index in [9.17, 15) is 4.79 Å². The molecule has 106 valence electrons. The van der Waals surface area contributed by atoms with E-state index in [1.807, 2.05) is 30.3 Å². The number of hydrogen-bond donors (Lipinski definition) is 1. The van der Waals surface area contributed by atoms with Crippen LogP contribution in [0, 0.1) is 11.8 Å². The molecule has 0 spiro atoms. The molecule has 0 saturated carbocycles. The van der Waals surface area contributed by atoms with Gasteiger partial charge in [-0.2, -0.15) is 0 Å². The Morgan fingerprint density at radius 2 is 1.90 bits per heavy atom. The van der Waals surface area contributed by atoms with E-state index < -0.39 is 5.97 Å². The Balaban J connectivity index is 2.13. The molecule has 0 aromatic heterocycles. The van der Waals surface area contributed by atoms with E-state index in [1.165, 1.54) is 7.11 Å². The van der Waals surface area contributed by atoms with Gasteiger partial charge in [0.05, 0.1) is 7.11 Å². The summed E-state index contributed by atoms with van der Waals surface area (Å²) in [4.78, 5) is 10.4. The molecule has 0 radical (unpaired) electrons. The molecule has 0 saturated heterocycles. The average Bonchev–Trinajstić information content (AvgIpc) is 2.52. The van der Waals surface area contributed by atoms with Gasteiger partial charge in [-0.15, -0.1) is 0 Å². The van der Waals surface area contributed by atoms with E-state index in [0.717, 1.165) is 5.56 Å². The molecule has 0 fully saturated rings. The Kier molecular flexibility index (Phi) is 4.84. The van der Waals surface area contributed by atoms with Gasteiger partial charge in [0.2, 0.25) is 0 Å². The minimum atomic E-state index is -1.17. The monoisotopic (exact) mass is 282 g/mol. The molecule has 2 aromatic carbocycles. The third-order valence-electron chi connectivity index (χ3n) is 2.71. The van der Waals surface area contributed by atoms with Crippen molar-refractivity contribution in [1.29, 1.82) is 0 Å². The van der Waals surface area contributed by atoms with Gasteiger partial charge in [-0.3, -0.25) is 0 Å². The zero-order valence-corrected chi connectivity index (χ0v) is 11.5. The van der Waals surface area contributed by atoms with Crippen molar-refractivity contribution in [2.24, 2.45) is 0 Å². The van der Waals surface area contributed by atoms with Gasteiger partial charge in [-0.1, -0.05) is 36.3 Å². The van der Waals surface area contributed by atoms with Crippen molar-refractivity contribution in [3.63, 3.8) is 0 Å². The Labute approximate surface area is 122 Å². The lowest BCUT2D eigenvalue weighted by molar-refractivity contribution is -0.130. The fourth-order valence-corrected chi connectivity index (χ4v) is 1.73. The van der Waals surface area contributed by atoms with E-state index in [4.69, 9.17) is 14.6 Å². The highest BCUT2D eigenvalue weighted by Gasteiger charge is 2.05. The Morgan fingerprint density at radius 3 is 2.57 bits per heavy atom. The topological polar surface area (TPSA) is 55.8 Å². The van der Waals surface area contributed by atoms with Crippen LogP contribution in [0.25, 0.3) is 0 Å². The summed E-state index contributed by atoms with van der Waals surface area (Å²) in [5.41, 5.74) is 1.61. The number of ether oxygens (including phenoxy) is 2. The molecule has 4 heteroatoms. The van der Waals surface area contributed by atoms with Gasteiger partial charge in [-0.05, 0) is 23.8 Å². The Bertz CT molecular complexity index is 681. The predicted molar refractivity (Wildman–Crippen MR) is 78.3 cm³/mol. The highest BCUT2D eigenvalue weighted by molar-refractivity contribution is 5.87. The van der Waals surface area contributed by atoms with Crippen LogP contribution in [-0.2, 0) is 11.4 Å². The van der Waals surface area contributed by atoms with Crippen molar-refractivity contribution in [2.75, 3.05) is 7.11 Å². The van der Waals surface area contributed by atoms with Crippen LogP contribution in [0.3, 0.4) is 0 Å². The molecule has 0 aliphatic heterocycles. The van der Waals surface area contributed by atoms with Crippen LogP contribution in [-0.4, -0.2) is 18.2 Å². The molecular weight excluding hydrogens is 268 g/mol. The highest BCUT2D eigenvalue weighted by Crippen LogP contribution is 2.28. The molecule has 2 aromatic rings. The molecular formula is C17H14O4. The van der Waals surface area contributed by atoms with E-state index in [2.05, 4.69) is 11.8 Å². The second kappa shape index (κ2) is 7.01. The predicted octanol–water partition coefficient (Wildman–Crippen LogP) is 2.71. The Hall–Kier alpha value is -2.93. The first-order valence-corrected chi connectivity index (χ1v) is 6.29. The lowest BCUT2D eigenvalue weighted by atomic mass is 10.2. The largest absolute Gasteiger partial charge is 0.493 e. The van der Waals surface area contributed by atoms with E-state index in [-0.39, 0.29) is 0 Å². The maximum Gasteiger partial charge on any atom is 0.382 e. The third kappa shape index (κ3) is 4.29. The first kappa shape index (κ1) is 14.5. The number of benzene rings is 2. The number of rotatable bonds is 4. The summed E-state index contributed by atoms with van der Waals surface area (Å²) in [6.45, 7) is 0.428. The first-order chi connectivity index (χ1) is 10.2. The smallest absolute Gasteiger partial charge is 0.382 e. The van der Waals surface area contributed by atoms with Gasteiger partial charge < -0.3 is 14.6 Å². The van der Waals surface area contributed by atoms with Crippen LogP contribution < -0.4 is 9.47 Å². The zero-order chi connectivity index (χ0) is 15.1. The first-order valence-electron chi connectivity index (χ1n) is 6.29. The molecule has 4 nitrogen and oxygen atoms in total.